The third-order valence-corrected chi connectivity index (χ3v) is 2.45. The molecule has 88 valence electrons. The molecule has 1 amide bonds. The van der Waals surface area contributed by atoms with Gasteiger partial charge in [-0.25, -0.2) is 4.68 Å². The van der Waals surface area contributed by atoms with Crippen molar-refractivity contribution in [1.82, 2.24) is 9.78 Å². The van der Waals surface area contributed by atoms with Crippen LogP contribution in [-0.4, -0.2) is 21.7 Å². The van der Waals surface area contributed by atoms with Crippen LogP contribution in [0.4, 0.5) is 5.69 Å². The highest BCUT2D eigenvalue weighted by atomic mass is 35.5. The second-order valence-electron chi connectivity index (χ2n) is 3.26. The molecule has 1 atom stereocenters. The lowest BCUT2D eigenvalue weighted by atomic mass is 10.3. The van der Waals surface area contributed by atoms with Crippen LogP contribution < -0.4 is 16.6 Å². The fourth-order valence-electron chi connectivity index (χ4n) is 1.10. The van der Waals surface area contributed by atoms with E-state index in [1.54, 1.807) is 13.8 Å². The molecule has 16 heavy (non-hydrogen) atoms. The molecule has 1 unspecified atom stereocenters. The topological polar surface area (TPSA) is 90.0 Å². The van der Waals surface area contributed by atoms with Crippen molar-refractivity contribution in [1.29, 1.82) is 0 Å². The van der Waals surface area contributed by atoms with Crippen molar-refractivity contribution in [2.45, 2.75) is 26.4 Å². The van der Waals surface area contributed by atoms with E-state index in [4.69, 9.17) is 17.3 Å². The number of carbonyl (C=O) groups is 1. The second kappa shape index (κ2) is 4.98. The minimum Gasteiger partial charge on any atom is -0.371 e. The van der Waals surface area contributed by atoms with Gasteiger partial charge in [0.05, 0.1) is 11.9 Å². The largest absolute Gasteiger partial charge is 0.371 e. The maximum Gasteiger partial charge on any atom is 0.287 e. The number of primary amides is 1. The number of halogens is 1. The number of hydrogen-bond acceptors (Lipinski definition) is 4. The number of nitrogens with zero attached hydrogens (tertiary/aromatic N) is 2. The van der Waals surface area contributed by atoms with Gasteiger partial charge >= 0.3 is 0 Å². The molecule has 7 heteroatoms. The van der Waals surface area contributed by atoms with E-state index in [9.17, 15) is 9.59 Å². The maximum absolute atomic E-state index is 11.6. The molecule has 0 bridgehead atoms. The van der Waals surface area contributed by atoms with Gasteiger partial charge < -0.3 is 11.1 Å². The van der Waals surface area contributed by atoms with Crippen LogP contribution in [0.1, 0.15) is 13.8 Å². The first kappa shape index (κ1) is 12.5. The highest BCUT2D eigenvalue weighted by Crippen LogP contribution is 2.15. The van der Waals surface area contributed by atoms with E-state index in [1.165, 1.54) is 10.9 Å². The Morgan fingerprint density at radius 1 is 1.75 bits per heavy atom. The molecule has 0 radical (unpaired) electrons. The Labute approximate surface area is 97.4 Å². The summed E-state index contributed by atoms with van der Waals surface area (Å²) in [7, 11) is 0. The Morgan fingerprint density at radius 3 is 2.88 bits per heavy atom. The lowest BCUT2D eigenvalue weighted by Gasteiger charge is -2.12. The normalized spacial score (nSPS) is 12.2. The second-order valence-corrected chi connectivity index (χ2v) is 3.64. The van der Waals surface area contributed by atoms with Gasteiger partial charge in [-0.1, -0.05) is 11.6 Å². The number of aryl methyl sites for hydroxylation is 1. The van der Waals surface area contributed by atoms with Crippen LogP contribution >= 0.6 is 11.6 Å². The van der Waals surface area contributed by atoms with Gasteiger partial charge in [0.25, 0.3) is 5.56 Å². The van der Waals surface area contributed by atoms with Crippen LogP contribution in [0.5, 0.6) is 0 Å². The predicted octanol–water partition coefficient (Wildman–Crippen LogP) is 0.202. The molecule has 0 aromatic carbocycles. The Morgan fingerprint density at radius 2 is 2.38 bits per heavy atom. The molecule has 0 saturated carbocycles. The molecular formula is C9H13ClN4O2. The third-order valence-electron chi connectivity index (χ3n) is 2.08. The summed E-state index contributed by atoms with van der Waals surface area (Å²) < 4.78 is 1.22. The Bertz CT molecular complexity index is 457. The minimum absolute atomic E-state index is 0.00458. The first-order chi connectivity index (χ1) is 7.47. The number of hydrogen-bond donors (Lipinski definition) is 2. The van der Waals surface area contributed by atoms with Crippen molar-refractivity contribution in [3.8, 4) is 0 Å². The highest BCUT2D eigenvalue weighted by molar-refractivity contribution is 6.33. The summed E-state index contributed by atoms with van der Waals surface area (Å²) in [6.07, 6.45) is 1.40. The first-order valence-electron chi connectivity index (χ1n) is 4.78. The number of anilines is 1. The zero-order chi connectivity index (χ0) is 12.3. The number of rotatable bonds is 4. The summed E-state index contributed by atoms with van der Waals surface area (Å²) in [5.74, 6) is -0.532. The fourth-order valence-corrected chi connectivity index (χ4v) is 1.30. The van der Waals surface area contributed by atoms with Crippen molar-refractivity contribution < 1.29 is 4.79 Å². The summed E-state index contributed by atoms with van der Waals surface area (Å²) >= 11 is 5.84. The average molecular weight is 245 g/mol. The van der Waals surface area contributed by atoms with E-state index >= 15 is 0 Å². The van der Waals surface area contributed by atoms with Gasteiger partial charge in [-0.05, 0) is 13.8 Å². The van der Waals surface area contributed by atoms with E-state index in [0.717, 1.165) is 0 Å². The Balaban J connectivity index is 3.04. The van der Waals surface area contributed by atoms with E-state index in [2.05, 4.69) is 10.4 Å². The van der Waals surface area contributed by atoms with Crippen LogP contribution in [0.2, 0.25) is 5.02 Å². The van der Waals surface area contributed by atoms with E-state index in [-0.39, 0.29) is 5.02 Å². The molecule has 0 spiro atoms. The standard InChI is InChI=1S/C9H13ClN4O2/c1-3-14-9(16)7(10)6(4-12-14)13-5(2)8(11)15/h4-5,13H,3H2,1-2H3,(H2,11,15). The molecule has 0 fully saturated rings. The van der Waals surface area contributed by atoms with Gasteiger partial charge in [0.2, 0.25) is 5.91 Å². The van der Waals surface area contributed by atoms with Gasteiger partial charge in [0.1, 0.15) is 11.1 Å². The van der Waals surface area contributed by atoms with Crippen molar-refractivity contribution in [3.63, 3.8) is 0 Å². The summed E-state index contributed by atoms with van der Waals surface area (Å²) in [6, 6.07) is -0.615. The molecule has 1 rings (SSSR count). The number of nitrogens with one attached hydrogen (secondary N) is 1. The summed E-state index contributed by atoms with van der Waals surface area (Å²) in [6.45, 7) is 3.79. The van der Waals surface area contributed by atoms with Crippen molar-refractivity contribution in [2.24, 2.45) is 5.73 Å². The minimum atomic E-state index is -0.615. The highest BCUT2D eigenvalue weighted by Gasteiger charge is 2.13. The number of aromatic nitrogens is 2. The lowest BCUT2D eigenvalue weighted by molar-refractivity contribution is -0.118. The van der Waals surface area contributed by atoms with Gasteiger partial charge in [0, 0.05) is 6.54 Å². The quantitative estimate of drug-likeness (QED) is 0.792. The lowest BCUT2D eigenvalue weighted by Crippen LogP contribution is -2.33. The monoisotopic (exact) mass is 244 g/mol. The van der Waals surface area contributed by atoms with Crippen LogP contribution in [0.15, 0.2) is 11.0 Å². The fraction of sp³-hybridized carbons (Fsp3) is 0.444. The summed E-state index contributed by atoms with van der Waals surface area (Å²) in [5, 5.41) is 6.60. The summed E-state index contributed by atoms with van der Waals surface area (Å²) in [5.41, 5.74) is 4.99. The van der Waals surface area contributed by atoms with E-state index in [0.29, 0.717) is 12.2 Å². The van der Waals surface area contributed by atoms with Gasteiger partial charge in [-0.2, -0.15) is 5.10 Å². The Hall–Kier alpha value is -1.56. The van der Waals surface area contributed by atoms with Crippen LogP contribution in [0, 0.1) is 0 Å². The number of amides is 1. The van der Waals surface area contributed by atoms with Crippen molar-refractivity contribution in [3.05, 3.63) is 21.6 Å². The predicted molar refractivity (Wildman–Crippen MR) is 61.5 cm³/mol. The molecule has 0 saturated heterocycles. The van der Waals surface area contributed by atoms with Crippen LogP contribution in [0.25, 0.3) is 0 Å². The number of nitrogens with two attached hydrogens (primary N) is 1. The smallest absolute Gasteiger partial charge is 0.287 e. The average Bonchev–Trinajstić information content (AvgIpc) is 2.25. The number of carbonyl (C=O) groups excluding carboxylic acids is 1. The molecule has 0 aliphatic carbocycles. The van der Waals surface area contributed by atoms with Crippen molar-refractivity contribution >= 4 is 23.2 Å². The molecule has 1 heterocycles. The zero-order valence-corrected chi connectivity index (χ0v) is 9.78. The molecule has 0 aliphatic rings. The summed E-state index contributed by atoms with van der Waals surface area (Å²) in [4.78, 5) is 22.4. The molecule has 3 N–H and O–H groups in total. The van der Waals surface area contributed by atoms with Gasteiger partial charge in [-0.15, -0.1) is 0 Å². The maximum atomic E-state index is 11.6. The molecule has 6 nitrogen and oxygen atoms in total. The molecule has 0 aliphatic heterocycles. The van der Waals surface area contributed by atoms with Crippen LogP contribution in [0.3, 0.4) is 0 Å². The molecule has 1 aromatic rings. The molecule has 1 aromatic heterocycles. The zero-order valence-electron chi connectivity index (χ0n) is 9.03. The van der Waals surface area contributed by atoms with Gasteiger partial charge in [0.15, 0.2) is 0 Å². The third kappa shape index (κ3) is 2.52. The molecular weight excluding hydrogens is 232 g/mol. The van der Waals surface area contributed by atoms with Crippen LogP contribution in [-0.2, 0) is 11.3 Å². The Kier molecular flexibility index (Phi) is 3.89. The van der Waals surface area contributed by atoms with Gasteiger partial charge in [-0.3, -0.25) is 9.59 Å². The van der Waals surface area contributed by atoms with Crippen molar-refractivity contribution in [2.75, 3.05) is 5.32 Å². The van der Waals surface area contributed by atoms with E-state index in [1.807, 2.05) is 0 Å². The van der Waals surface area contributed by atoms with E-state index < -0.39 is 17.5 Å². The first-order valence-corrected chi connectivity index (χ1v) is 5.16. The SMILES string of the molecule is CCn1ncc(NC(C)C(N)=O)c(Cl)c1=O.